The fraction of sp³-hybridized carbons (Fsp3) is 0.238. The second-order valence-corrected chi connectivity index (χ2v) is 8.13. The molecule has 9 nitrogen and oxygen atoms in total. The van der Waals surface area contributed by atoms with E-state index < -0.39 is 0 Å². The second-order valence-electron chi connectivity index (χ2n) is 7.27. The number of hydrogen-bond acceptors (Lipinski definition) is 8. The molecule has 0 spiro atoms. The summed E-state index contributed by atoms with van der Waals surface area (Å²) in [6, 6.07) is 7.66. The molecule has 0 aliphatic carbocycles. The second kappa shape index (κ2) is 8.60. The van der Waals surface area contributed by atoms with Gasteiger partial charge in [0.1, 0.15) is 6.33 Å². The van der Waals surface area contributed by atoms with Crippen molar-refractivity contribution in [2.24, 2.45) is 5.92 Å². The number of rotatable bonds is 5. The molecule has 5 rings (SSSR count). The Labute approximate surface area is 182 Å². The molecule has 0 radical (unpaired) electrons. The van der Waals surface area contributed by atoms with E-state index in [-0.39, 0.29) is 11.8 Å². The van der Waals surface area contributed by atoms with Gasteiger partial charge in [-0.25, -0.2) is 9.97 Å². The predicted octanol–water partition coefficient (Wildman–Crippen LogP) is 3.04. The van der Waals surface area contributed by atoms with Gasteiger partial charge >= 0.3 is 0 Å². The summed E-state index contributed by atoms with van der Waals surface area (Å²) in [5.74, 6) is 1.34. The first-order valence-electron chi connectivity index (χ1n) is 10.00. The lowest BCUT2D eigenvalue weighted by molar-refractivity contribution is -0.120. The molecule has 4 aromatic heterocycles. The van der Waals surface area contributed by atoms with Crippen LogP contribution in [-0.4, -0.2) is 48.7 Å². The van der Waals surface area contributed by atoms with E-state index in [1.807, 2.05) is 35.8 Å². The molecular formula is C21H20N8OS. The summed E-state index contributed by atoms with van der Waals surface area (Å²) in [4.78, 5) is 27.7. The number of nitrogens with zero attached hydrogens (tertiary/aromatic N) is 7. The third kappa shape index (κ3) is 4.29. The fourth-order valence-corrected chi connectivity index (χ4v) is 4.33. The van der Waals surface area contributed by atoms with Gasteiger partial charge in [-0.15, -0.1) is 21.5 Å². The Morgan fingerprint density at radius 3 is 2.81 bits per heavy atom. The average molecular weight is 433 g/mol. The Morgan fingerprint density at radius 2 is 2.03 bits per heavy atom. The standard InChI is InChI=1S/C21H20N8OS/c30-20(25-21-24-17(13-31-21)15-3-1-7-22-11-15)16-4-2-9-28(12-16)18-5-6-19(27-26-18)29-10-8-23-14-29/h1,3,5-8,10-11,13-14,16H,2,4,9,12H2,(H,24,25,30). The molecule has 1 fully saturated rings. The van der Waals surface area contributed by atoms with E-state index in [1.54, 1.807) is 29.5 Å². The van der Waals surface area contributed by atoms with Crippen LogP contribution < -0.4 is 10.2 Å². The maximum Gasteiger partial charge on any atom is 0.231 e. The molecule has 4 aromatic rings. The summed E-state index contributed by atoms with van der Waals surface area (Å²) < 4.78 is 1.80. The smallest absolute Gasteiger partial charge is 0.231 e. The van der Waals surface area contributed by atoms with Crippen LogP contribution in [0.3, 0.4) is 0 Å². The normalized spacial score (nSPS) is 16.3. The topological polar surface area (TPSA) is 102 Å². The highest BCUT2D eigenvalue weighted by Gasteiger charge is 2.27. The summed E-state index contributed by atoms with van der Waals surface area (Å²) in [6.07, 6.45) is 10.4. The van der Waals surface area contributed by atoms with Gasteiger partial charge in [0.2, 0.25) is 5.91 Å². The van der Waals surface area contributed by atoms with Crippen LogP contribution in [0.5, 0.6) is 0 Å². The first-order valence-corrected chi connectivity index (χ1v) is 10.9. The summed E-state index contributed by atoms with van der Waals surface area (Å²) in [6.45, 7) is 1.46. The number of piperidine rings is 1. The van der Waals surface area contributed by atoms with Crippen molar-refractivity contribution < 1.29 is 4.79 Å². The van der Waals surface area contributed by atoms with Gasteiger partial charge in [0.15, 0.2) is 16.8 Å². The van der Waals surface area contributed by atoms with E-state index in [0.717, 1.165) is 36.5 Å². The zero-order chi connectivity index (χ0) is 21.0. The van der Waals surface area contributed by atoms with Crippen LogP contribution in [0.2, 0.25) is 0 Å². The van der Waals surface area contributed by atoms with Crippen molar-refractivity contribution >= 4 is 28.2 Å². The average Bonchev–Trinajstić information content (AvgIpc) is 3.53. The minimum Gasteiger partial charge on any atom is -0.354 e. The van der Waals surface area contributed by atoms with Gasteiger partial charge in [-0.1, -0.05) is 0 Å². The summed E-state index contributed by atoms with van der Waals surface area (Å²) in [5, 5.41) is 14.1. The number of aromatic nitrogens is 6. The van der Waals surface area contributed by atoms with E-state index >= 15 is 0 Å². The predicted molar refractivity (Wildman–Crippen MR) is 118 cm³/mol. The van der Waals surface area contributed by atoms with Gasteiger partial charge in [-0.05, 0) is 37.1 Å². The van der Waals surface area contributed by atoms with Crippen molar-refractivity contribution in [3.63, 3.8) is 0 Å². The molecule has 10 heteroatoms. The van der Waals surface area contributed by atoms with Crippen LogP contribution in [-0.2, 0) is 4.79 Å². The number of anilines is 2. The number of pyridine rings is 1. The molecule has 1 N–H and O–H groups in total. The molecule has 1 unspecified atom stereocenters. The van der Waals surface area contributed by atoms with Crippen molar-refractivity contribution in [1.29, 1.82) is 0 Å². The largest absolute Gasteiger partial charge is 0.354 e. The summed E-state index contributed by atoms with van der Waals surface area (Å²) >= 11 is 1.42. The first kappa shape index (κ1) is 19.3. The van der Waals surface area contributed by atoms with Gasteiger partial charge in [0.05, 0.1) is 11.6 Å². The molecule has 1 atom stereocenters. The minimum atomic E-state index is -0.130. The van der Waals surface area contributed by atoms with E-state index in [1.165, 1.54) is 11.3 Å². The van der Waals surface area contributed by atoms with E-state index in [0.29, 0.717) is 17.5 Å². The van der Waals surface area contributed by atoms with Crippen LogP contribution in [0, 0.1) is 5.92 Å². The Bertz CT molecular complexity index is 1140. The Hall–Kier alpha value is -3.66. The molecule has 0 saturated carbocycles. The SMILES string of the molecule is O=C(Nc1nc(-c2cccnc2)cs1)C1CCCN(c2ccc(-n3ccnc3)nn2)C1. The van der Waals surface area contributed by atoms with Crippen molar-refractivity contribution in [3.8, 4) is 17.1 Å². The molecule has 0 aromatic carbocycles. The highest BCUT2D eigenvalue weighted by Crippen LogP contribution is 2.26. The van der Waals surface area contributed by atoms with Crippen LogP contribution in [0.25, 0.3) is 17.1 Å². The lowest BCUT2D eigenvalue weighted by atomic mass is 9.97. The highest BCUT2D eigenvalue weighted by molar-refractivity contribution is 7.14. The number of thiazole rings is 1. The van der Waals surface area contributed by atoms with Crippen LogP contribution in [0.4, 0.5) is 10.9 Å². The molecular weight excluding hydrogens is 412 g/mol. The summed E-state index contributed by atoms with van der Waals surface area (Å²) in [7, 11) is 0. The monoisotopic (exact) mass is 432 g/mol. The maximum atomic E-state index is 12.9. The zero-order valence-electron chi connectivity index (χ0n) is 16.6. The minimum absolute atomic E-state index is 0.0141. The number of imidazole rings is 1. The Balaban J connectivity index is 1.23. The first-order chi connectivity index (χ1) is 15.3. The Kier molecular flexibility index (Phi) is 5.36. The fourth-order valence-electron chi connectivity index (χ4n) is 3.60. The Morgan fingerprint density at radius 1 is 1.13 bits per heavy atom. The quantitative estimate of drug-likeness (QED) is 0.517. The third-order valence-electron chi connectivity index (χ3n) is 5.21. The van der Waals surface area contributed by atoms with Crippen LogP contribution in [0.1, 0.15) is 12.8 Å². The molecule has 1 amide bonds. The van der Waals surface area contributed by atoms with Gasteiger partial charge in [-0.2, -0.15) is 0 Å². The number of amides is 1. The molecule has 1 aliphatic rings. The van der Waals surface area contributed by atoms with Gasteiger partial charge in [-0.3, -0.25) is 14.3 Å². The number of carbonyl (C=O) groups is 1. The molecule has 5 heterocycles. The van der Waals surface area contributed by atoms with Gasteiger partial charge in [0, 0.05) is 48.8 Å². The molecule has 1 aliphatic heterocycles. The van der Waals surface area contributed by atoms with E-state index in [2.05, 4.69) is 35.4 Å². The van der Waals surface area contributed by atoms with Crippen molar-refractivity contribution in [2.75, 3.05) is 23.3 Å². The lowest BCUT2D eigenvalue weighted by Crippen LogP contribution is -2.41. The molecule has 31 heavy (non-hydrogen) atoms. The maximum absolute atomic E-state index is 12.9. The summed E-state index contributed by atoms with van der Waals surface area (Å²) in [5.41, 5.74) is 1.74. The zero-order valence-corrected chi connectivity index (χ0v) is 17.4. The van der Waals surface area contributed by atoms with E-state index in [9.17, 15) is 4.79 Å². The lowest BCUT2D eigenvalue weighted by Gasteiger charge is -2.32. The van der Waals surface area contributed by atoms with Crippen molar-refractivity contribution in [3.05, 3.63) is 60.8 Å². The van der Waals surface area contributed by atoms with Gasteiger partial charge < -0.3 is 10.2 Å². The van der Waals surface area contributed by atoms with Crippen LogP contribution >= 0.6 is 11.3 Å². The molecule has 156 valence electrons. The number of hydrogen-bond donors (Lipinski definition) is 1. The number of nitrogens with one attached hydrogen (secondary N) is 1. The van der Waals surface area contributed by atoms with Crippen molar-refractivity contribution in [2.45, 2.75) is 12.8 Å². The molecule has 0 bridgehead atoms. The molecule has 1 saturated heterocycles. The third-order valence-corrected chi connectivity index (χ3v) is 5.97. The van der Waals surface area contributed by atoms with Gasteiger partial charge in [0.25, 0.3) is 0 Å². The number of carbonyl (C=O) groups excluding carboxylic acids is 1. The van der Waals surface area contributed by atoms with Crippen LogP contribution in [0.15, 0.2) is 60.8 Å². The highest BCUT2D eigenvalue weighted by atomic mass is 32.1. The van der Waals surface area contributed by atoms with E-state index in [4.69, 9.17) is 0 Å². The van der Waals surface area contributed by atoms with Crippen molar-refractivity contribution in [1.82, 2.24) is 29.7 Å².